The molecular formula is C23H47ClO4. The lowest BCUT2D eigenvalue weighted by Gasteiger charge is -2.07. The average Bonchev–Trinajstić information content (AvgIpc) is 2.71. The summed E-state index contributed by atoms with van der Waals surface area (Å²) in [6.07, 6.45) is 18.0. The number of hydrogen-bond donors (Lipinski definition) is 0. The number of ether oxygens (including phenoxy) is 4. The molecule has 0 aliphatic heterocycles. The van der Waals surface area contributed by atoms with Crippen molar-refractivity contribution >= 4 is 11.6 Å². The maximum Gasteiger partial charge on any atom is 0.0701 e. The minimum atomic E-state index is 0.530. The van der Waals surface area contributed by atoms with Crippen LogP contribution in [-0.4, -0.2) is 58.7 Å². The summed E-state index contributed by atoms with van der Waals surface area (Å²) in [4.78, 5) is 0. The molecule has 5 heteroatoms. The highest BCUT2D eigenvalue weighted by Gasteiger charge is 1.95. The first kappa shape index (κ1) is 28.1. The zero-order valence-electron chi connectivity index (χ0n) is 18.6. The molecule has 0 rings (SSSR count). The summed E-state index contributed by atoms with van der Waals surface area (Å²) >= 11 is 5.51. The zero-order valence-corrected chi connectivity index (χ0v) is 19.3. The summed E-state index contributed by atoms with van der Waals surface area (Å²) in [7, 11) is 0. The Kier molecular flexibility index (Phi) is 27.3. The van der Waals surface area contributed by atoms with E-state index in [4.69, 9.17) is 30.5 Å². The maximum atomic E-state index is 5.61. The highest BCUT2D eigenvalue weighted by Crippen LogP contribution is 2.12. The van der Waals surface area contributed by atoms with Gasteiger partial charge in [0.1, 0.15) is 0 Å². The second-order valence-corrected chi connectivity index (χ2v) is 7.76. The predicted molar refractivity (Wildman–Crippen MR) is 120 cm³/mol. The van der Waals surface area contributed by atoms with Crippen molar-refractivity contribution in [3.63, 3.8) is 0 Å². The van der Waals surface area contributed by atoms with E-state index in [2.05, 4.69) is 6.92 Å². The van der Waals surface area contributed by atoms with E-state index in [1.165, 1.54) is 83.5 Å². The largest absolute Gasteiger partial charge is 0.379 e. The van der Waals surface area contributed by atoms with E-state index in [9.17, 15) is 0 Å². The van der Waals surface area contributed by atoms with Gasteiger partial charge in [-0.15, -0.1) is 11.6 Å². The Hall–Kier alpha value is 0.130. The lowest BCUT2D eigenvalue weighted by Crippen LogP contribution is -2.12. The van der Waals surface area contributed by atoms with Crippen LogP contribution in [0.1, 0.15) is 90.4 Å². The molecule has 0 heterocycles. The molecule has 0 bridgehead atoms. The fraction of sp³-hybridized carbons (Fsp3) is 1.00. The molecule has 0 unspecified atom stereocenters. The number of unbranched alkanes of at least 4 members (excludes halogenated alkanes) is 12. The predicted octanol–water partition coefficient (Wildman–Crippen LogP) is 6.38. The van der Waals surface area contributed by atoms with Gasteiger partial charge in [0.05, 0.1) is 46.2 Å². The van der Waals surface area contributed by atoms with Gasteiger partial charge in [-0.2, -0.15) is 0 Å². The van der Waals surface area contributed by atoms with Crippen LogP contribution in [0.4, 0.5) is 0 Å². The average molecular weight is 423 g/mol. The van der Waals surface area contributed by atoms with Gasteiger partial charge in [-0.25, -0.2) is 0 Å². The van der Waals surface area contributed by atoms with Crippen LogP contribution >= 0.6 is 11.6 Å². The quantitative estimate of drug-likeness (QED) is 0.126. The van der Waals surface area contributed by atoms with Gasteiger partial charge in [0.2, 0.25) is 0 Å². The van der Waals surface area contributed by atoms with E-state index in [1.807, 2.05) is 0 Å². The molecule has 170 valence electrons. The third-order valence-electron chi connectivity index (χ3n) is 4.73. The Morgan fingerprint density at radius 3 is 1.11 bits per heavy atom. The Morgan fingerprint density at radius 1 is 0.393 bits per heavy atom. The van der Waals surface area contributed by atoms with Gasteiger partial charge >= 0.3 is 0 Å². The summed E-state index contributed by atoms with van der Waals surface area (Å²) in [6, 6.07) is 0. The van der Waals surface area contributed by atoms with E-state index in [-0.39, 0.29) is 0 Å². The molecule has 0 aromatic heterocycles. The second-order valence-electron chi connectivity index (χ2n) is 7.38. The van der Waals surface area contributed by atoms with Gasteiger partial charge in [-0.1, -0.05) is 84.0 Å². The van der Waals surface area contributed by atoms with Crippen molar-refractivity contribution in [2.24, 2.45) is 0 Å². The molecule has 0 aliphatic rings. The van der Waals surface area contributed by atoms with Crippen LogP contribution in [0.5, 0.6) is 0 Å². The number of halogens is 1. The lowest BCUT2D eigenvalue weighted by molar-refractivity contribution is -0.000661. The number of alkyl halides is 1. The summed E-state index contributed by atoms with van der Waals surface area (Å²) in [5, 5.41) is 0. The molecule has 0 N–H and O–H groups in total. The van der Waals surface area contributed by atoms with Crippen LogP contribution < -0.4 is 0 Å². The van der Waals surface area contributed by atoms with Crippen LogP contribution in [0, 0.1) is 0 Å². The van der Waals surface area contributed by atoms with Gasteiger partial charge in [0.15, 0.2) is 0 Å². The fourth-order valence-electron chi connectivity index (χ4n) is 3.04. The van der Waals surface area contributed by atoms with Crippen LogP contribution in [-0.2, 0) is 18.9 Å². The van der Waals surface area contributed by atoms with E-state index in [0.717, 1.165) is 6.61 Å². The molecule has 0 spiro atoms. The first-order valence-electron chi connectivity index (χ1n) is 11.8. The molecule has 0 aromatic rings. The Balaban J connectivity index is 2.96. The van der Waals surface area contributed by atoms with Crippen LogP contribution in [0.3, 0.4) is 0 Å². The lowest BCUT2D eigenvalue weighted by atomic mass is 10.0. The molecule has 0 fully saturated rings. The standard InChI is InChI=1S/C23H47ClO4/c1-2-3-4-5-6-7-8-9-10-11-12-13-14-16-25-18-20-27-22-23-28-21-19-26-17-15-24/h2-23H2,1H3. The van der Waals surface area contributed by atoms with Crippen LogP contribution in [0.2, 0.25) is 0 Å². The number of rotatable bonds is 25. The van der Waals surface area contributed by atoms with Crippen molar-refractivity contribution < 1.29 is 18.9 Å². The summed E-state index contributed by atoms with van der Waals surface area (Å²) in [6.45, 7) is 7.43. The molecule has 0 saturated heterocycles. The van der Waals surface area contributed by atoms with Gasteiger partial charge < -0.3 is 18.9 Å². The Bertz CT molecular complexity index is 241. The molecule has 0 aliphatic carbocycles. The van der Waals surface area contributed by atoms with E-state index in [0.29, 0.717) is 52.1 Å². The van der Waals surface area contributed by atoms with Gasteiger partial charge in [0.25, 0.3) is 0 Å². The summed E-state index contributed by atoms with van der Waals surface area (Å²) < 4.78 is 21.7. The topological polar surface area (TPSA) is 36.9 Å². The third kappa shape index (κ3) is 26.1. The first-order valence-corrected chi connectivity index (χ1v) is 12.3. The third-order valence-corrected chi connectivity index (χ3v) is 4.88. The van der Waals surface area contributed by atoms with Gasteiger partial charge in [-0.05, 0) is 6.42 Å². The van der Waals surface area contributed by atoms with E-state index >= 15 is 0 Å². The summed E-state index contributed by atoms with van der Waals surface area (Å²) in [5.74, 6) is 0.530. The molecular weight excluding hydrogens is 376 g/mol. The van der Waals surface area contributed by atoms with Crippen molar-refractivity contribution in [3.05, 3.63) is 0 Å². The van der Waals surface area contributed by atoms with Crippen LogP contribution in [0.15, 0.2) is 0 Å². The molecule has 0 aromatic carbocycles. The molecule has 0 radical (unpaired) electrons. The Labute approximate surface area is 180 Å². The van der Waals surface area contributed by atoms with Crippen molar-refractivity contribution in [3.8, 4) is 0 Å². The normalized spacial score (nSPS) is 11.4. The van der Waals surface area contributed by atoms with E-state index < -0.39 is 0 Å². The minimum Gasteiger partial charge on any atom is -0.379 e. The fourth-order valence-corrected chi connectivity index (χ4v) is 3.15. The maximum absolute atomic E-state index is 5.61. The van der Waals surface area contributed by atoms with Crippen LogP contribution in [0.25, 0.3) is 0 Å². The summed E-state index contributed by atoms with van der Waals surface area (Å²) in [5.41, 5.74) is 0. The zero-order chi connectivity index (χ0) is 20.4. The SMILES string of the molecule is CCCCCCCCCCCCCCCOCCOCCOCCOCCCl. The van der Waals surface area contributed by atoms with Crippen molar-refractivity contribution in [2.75, 3.05) is 58.7 Å². The van der Waals surface area contributed by atoms with Gasteiger partial charge in [-0.3, -0.25) is 0 Å². The van der Waals surface area contributed by atoms with Crippen molar-refractivity contribution in [1.82, 2.24) is 0 Å². The van der Waals surface area contributed by atoms with Gasteiger partial charge in [0, 0.05) is 12.5 Å². The monoisotopic (exact) mass is 422 g/mol. The molecule has 0 saturated carbocycles. The second kappa shape index (κ2) is 27.1. The van der Waals surface area contributed by atoms with Crippen molar-refractivity contribution in [2.45, 2.75) is 90.4 Å². The van der Waals surface area contributed by atoms with Crippen molar-refractivity contribution in [1.29, 1.82) is 0 Å². The minimum absolute atomic E-state index is 0.530. The highest BCUT2D eigenvalue weighted by molar-refractivity contribution is 6.17. The highest BCUT2D eigenvalue weighted by atomic mass is 35.5. The van der Waals surface area contributed by atoms with E-state index in [1.54, 1.807) is 0 Å². The Morgan fingerprint density at radius 2 is 0.714 bits per heavy atom. The molecule has 28 heavy (non-hydrogen) atoms. The molecule has 4 nitrogen and oxygen atoms in total. The smallest absolute Gasteiger partial charge is 0.0701 e. The molecule has 0 amide bonds. The first-order chi connectivity index (χ1) is 13.9. The molecule has 0 atom stereocenters. The number of hydrogen-bond acceptors (Lipinski definition) is 4.